The molecular weight excluding hydrogens is 481 g/mol. The van der Waals surface area contributed by atoms with E-state index in [1.54, 1.807) is 13.1 Å². The number of aliphatic imine (C=N–C) groups is 1. The first kappa shape index (κ1) is 22.2. The number of hydrogen-bond acceptors (Lipinski definition) is 5. The van der Waals surface area contributed by atoms with Crippen molar-refractivity contribution >= 4 is 40.0 Å². The van der Waals surface area contributed by atoms with Crippen molar-refractivity contribution in [2.45, 2.75) is 31.4 Å². The van der Waals surface area contributed by atoms with Gasteiger partial charge in [-0.15, -0.1) is 24.0 Å². The molecule has 10 heteroatoms. The van der Waals surface area contributed by atoms with Crippen molar-refractivity contribution in [2.75, 3.05) is 39.8 Å². The second-order valence-electron chi connectivity index (χ2n) is 6.61. The van der Waals surface area contributed by atoms with Gasteiger partial charge in [0.05, 0.1) is 5.69 Å². The summed E-state index contributed by atoms with van der Waals surface area (Å²) in [6.07, 6.45) is 8.46. The number of nitrogens with zero attached hydrogens (tertiary/aromatic N) is 4. The van der Waals surface area contributed by atoms with Gasteiger partial charge in [0.15, 0.2) is 5.96 Å². The zero-order chi connectivity index (χ0) is 18.4. The molecule has 0 bridgehead atoms. The lowest BCUT2D eigenvalue weighted by atomic mass is 10.2. The SMILES string of the molecule is CN=C(NCCC1=CCCC1)N1CCN(S(=O)(=O)Cc2ccon2)CC1.I. The Kier molecular flexibility index (Phi) is 8.55. The lowest BCUT2D eigenvalue weighted by Crippen LogP contribution is -2.54. The summed E-state index contributed by atoms with van der Waals surface area (Å²) in [5.41, 5.74) is 1.96. The zero-order valence-corrected chi connectivity index (χ0v) is 18.8. The standard InChI is InChI=1S/C17H27N5O3S.HI/c1-18-17(19-8-6-15-4-2-3-5-15)21-9-11-22(12-10-21)26(23,24)14-16-7-13-25-20-16;/h4,7,13H,2-3,5-6,8-12,14H2,1H3,(H,18,19);1H. The molecule has 1 N–H and O–H groups in total. The van der Waals surface area contributed by atoms with Crippen LogP contribution in [0.1, 0.15) is 31.4 Å². The molecule has 0 spiro atoms. The van der Waals surface area contributed by atoms with E-state index in [0.717, 1.165) is 18.9 Å². The molecule has 0 aromatic carbocycles. The van der Waals surface area contributed by atoms with Crippen LogP contribution in [0.4, 0.5) is 0 Å². The maximum atomic E-state index is 12.5. The molecule has 2 heterocycles. The van der Waals surface area contributed by atoms with Crippen LogP contribution in [0.5, 0.6) is 0 Å². The Bertz CT molecular complexity index is 741. The third-order valence-corrected chi connectivity index (χ3v) is 6.64. The normalized spacial score (nSPS) is 18.9. The summed E-state index contributed by atoms with van der Waals surface area (Å²) in [5, 5.41) is 7.09. The van der Waals surface area contributed by atoms with Gasteiger partial charge in [-0.2, -0.15) is 4.31 Å². The molecule has 1 aliphatic carbocycles. The zero-order valence-electron chi connectivity index (χ0n) is 15.6. The molecule has 152 valence electrons. The van der Waals surface area contributed by atoms with Crippen LogP contribution in [0, 0.1) is 0 Å². The highest BCUT2D eigenvalue weighted by Gasteiger charge is 2.28. The Morgan fingerprint density at radius 2 is 2.11 bits per heavy atom. The van der Waals surface area contributed by atoms with E-state index in [4.69, 9.17) is 4.52 Å². The van der Waals surface area contributed by atoms with Crippen molar-refractivity contribution in [1.29, 1.82) is 0 Å². The number of aromatic nitrogens is 1. The second-order valence-corrected chi connectivity index (χ2v) is 8.58. The highest BCUT2D eigenvalue weighted by atomic mass is 127. The van der Waals surface area contributed by atoms with Crippen molar-refractivity contribution in [2.24, 2.45) is 4.99 Å². The molecule has 0 unspecified atom stereocenters. The summed E-state index contributed by atoms with van der Waals surface area (Å²) in [6.45, 7) is 3.02. The Morgan fingerprint density at radius 3 is 2.70 bits per heavy atom. The topological polar surface area (TPSA) is 91.0 Å². The maximum absolute atomic E-state index is 12.5. The molecule has 27 heavy (non-hydrogen) atoms. The lowest BCUT2D eigenvalue weighted by Gasteiger charge is -2.35. The number of hydrogen-bond donors (Lipinski definition) is 1. The van der Waals surface area contributed by atoms with Crippen LogP contribution in [0.3, 0.4) is 0 Å². The highest BCUT2D eigenvalue weighted by Crippen LogP contribution is 2.19. The third-order valence-electron chi connectivity index (χ3n) is 4.83. The van der Waals surface area contributed by atoms with E-state index >= 15 is 0 Å². The molecule has 1 saturated heterocycles. The number of allylic oxidation sites excluding steroid dienone is 1. The minimum Gasteiger partial charge on any atom is -0.364 e. The average molecular weight is 509 g/mol. The van der Waals surface area contributed by atoms with Gasteiger partial charge in [0.2, 0.25) is 10.0 Å². The van der Waals surface area contributed by atoms with E-state index in [9.17, 15) is 8.42 Å². The van der Waals surface area contributed by atoms with Crippen LogP contribution in [0.25, 0.3) is 0 Å². The molecule has 1 aliphatic heterocycles. The lowest BCUT2D eigenvalue weighted by molar-refractivity contribution is 0.260. The monoisotopic (exact) mass is 509 g/mol. The molecule has 2 aliphatic rings. The van der Waals surface area contributed by atoms with Crippen LogP contribution in [0.2, 0.25) is 0 Å². The van der Waals surface area contributed by atoms with Gasteiger partial charge in [0.1, 0.15) is 12.0 Å². The van der Waals surface area contributed by atoms with Crippen molar-refractivity contribution in [3.8, 4) is 0 Å². The molecule has 0 radical (unpaired) electrons. The number of guanidine groups is 1. The van der Waals surface area contributed by atoms with Crippen LogP contribution in [0.15, 0.2) is 33.5 Å². The number of rotatable bonds is 6. The predicted octanol–water partition coefficient (Wildman–Crippen LogP) is 1.82. The third kappa shape index (κ3) is 6.18. The van der Waals surface area contributed by atoms with Crippen LogP contribution in [-0.2, 0) is 15.8 Å². The summed E-state index contributed by atoms with van der Waals surface area (Å²) in [6, 6.07) is 1.58. The van der Waals surface area contributed by atoms with E-state index < -0.39 is 10.0 Å². The van der Waals surface area contributed by atoms with E-state index in [1.807, 2.05) is 0 Å². The molecule has 0 saturated carbocycles. The molecule has 1 fully saturated rings. The maximum Gasteiger partial charge on any atom is 0.220 e. The number of piperazine rings is 1. The summed E-state index contributed by atoms with van der Waals surface area (Å²) in [7, 11) is -1.61. The highest BCUT2D eigenvalue weighted by molar-refractivity contribution is 14.0. The minimum atomic E-state index is -3.37. The molecule has 8 nitrogen and oxygen atoms in total. The number of sulfonamides is 1. The average Bonchev–Trinajstić information content (AvgIpc) is 3.33. The fraction of sp³-hybridized carbons (Fsp3) is 0.647. The van der Waals surface area contributed by atoms with Crippen molar-refractivity contribution in [1.82, 2.24) is 19.7 Å². The molecular formula is C17H28IN5O3S. The molecule has 1 aromatic rings. The summed E-state index contributed by atoms with van der Waals surface area (Å²) >= 11 is 0. The van der Waals surface area contributed by atoms with Gasteiger partial charge >= 0.3 is 0 Å². The van der Waals surface area contributed by atoms with Gasteiger partial charge in [-0.25, -0.2) is 8.42 Å². The van der Waals surface area contributed by atoms with E-state index in [-0.39, 0.29) is 29.7 Å². The fourth-order valence-corrected chi connectivity index (χ4v) is 4.82. The Morgan fingerprint density at radius 1 is 1.33 bits per heavy atom. The van der Waals surface area contributed by atoms with Gasteiger partial charge in [0.25, 0.3) is 0 Å². The predicted molar refractivity (Wildman–Crippen MR) is 116 cm³/mol. The quantitative estimate of drug-likeness (QED) is 0.272. The largest absolute Gasteiger partial charge is 0.364 e. The van der Waals surface area contributed by atoms with E-state index in [1.165, 1.54) is 35.4 Å². The first-order valence-electron chi connectivity index (χ1n) is 9.09. The van der Waals surface area contributed by atoms with Crippen LogP contribution < -0.4 is 5.32 Å². The first-order valence-corrected chi connectivity index (χ1v) is 10.7. The first-order chi connectivity index (χ1) is 12.6. The van der Waals surface area contributed by atoms with Gasteiger partial charge < -0.3 is 14.7 Å². The van der Waals surface area contributed by atoms with Crippen LogP contribution >= 0.6 is 24.0 Å². The molecule has 0 amide bonds. The Balaban J connectivity index is 0.00000261. The molecule has 3 rings (SSSR count). The second kappa shape index (κ2) is 10.4. The summed E-state index contributed by atoms with van der Waals surface area (Å²) < 4.78 is 31.2. The smallest absolute Gasteiger partial charge is 0.220 e. The Hall–Kier alpha value is -1.14. The van der Waals surface area contributed by atoms with Crippen molar-refractivity contribution in [3.05, 3.63) is 29.7 Å². The summed E-state index contributed by atoms with van der Waals surface area (Å²) in [4.78, 5) is 6.46. The number of nitrogens with one attached hydrogen (secondary N) is 1. The van der Waals surface area contributed by atoms with Crippen LogP contribution in [-0.4, -0.2) is 68.5 Å². The van der Waals surface area contributed by atoms with E-state index in [0.29, 0.717) is 31.9 Å². The van der Waals surface area contributed by atoms with Gasteiger partial charge in [0, 0.05) is 45.8 Å². The van der Waals surface area contributed by atoms with E-state index in [2.05, 4.69) is 26.4 Å². The van der Waals surface area contributed by atoms with Crippen molar-refractivity contribution in [3.63, 3.8) is 0 Å². The minimum absolute atomic E-state index is 0. The van der Waals surface area contributed by atoms with Crippen molar-refractivity contribution < 1.29 is 12.9 Å². The van der Waals surface area contributed by atoms with Gasteiger partial charge in [-0.3, -0.25) is 4.99 Å². The summed E-state index contributed by atoms with van der Waals surface area (Å²) in [5.74, 6) is 0.725. The molecule has 1 aromatic heterocycles. The molecule has 0 atom stereocenters. The fourth-order valence-electron chi connectivity index (χ4n) is 3.40. The Labute approximate surface area is 178 Å². The number of halogens is 1. The van der Waals surface area contributed by atoms with Gasteiger partial charge in [-0.1, -0.05) is 16.8 Å². The van der Waals surface area contributed by atoms with Gasteiger partial charge in [-0.05, 0) is 25.7 Å².